The van der Waals surface area contributed by atoms with Crippen molar-refractivity contribution < 1.29 is 0 Å². The van der Waals surface area contributed by atoms with Crippen LogP contribution >= 0.6 is 0 Å². The van der Waals surface area contributed by atoms with Crippen molar-refractivity contribution in [2.75, 3.05) is 18.0 Å². The van der Waals surface area contributed by atoms with Gasteiger partial charge in [-0.05, 0) is 49.6 Å². The zero-order chi connectivity index (χ0) is 14.5. The maximum atomic E-state index is 4.29. The molecule has 3 rings (SSSR count). The first-order valence-electron chi connectivity index (χ1n) is 7.49. The van der Waals surface area contributed by atoms with Crippen LogP contribution in [0.5, 0.6) is 0 Å². The normalized spacial score (nSPS) is 18.7. The number of hydrogen-bond acceptors (Lipinski definition) is 5. The maximum absolute atomic E-state index is 4.29. The molecule has 1 N–H and O–H groups in total. The molecule has 1 atom stereocenters. The second-order valence-corrected chi connectivity index (χ2v) is 5.55. The summed E-state index contributed by atoms with van der Waals surface area (Å²) in [7, 11) is 0. The zero-order valence-electron chi connectivity index (χ0n) is 12.4. The van der Waals surface area contributed by atoms with Crippen molar-refractivity contribution in [1.82, 2.24) is 20.5 Å². The molecule has 1 aliphatic heterocycles. The molecule has 3 heterocycles. The van der Waals surface area contributed by atoms with Crippen LogP contribution in [0.4, 0.5) is 5.82 Å². The molecule has 0 amide bonds. The molecule has 0 aromatic carbocycles. The smallest absolute Gasteiger partial charge is 0.151 e. The molecule has 5 heteroatoms. The Morgan fingerprint density at radius 3 is 2.81 bits per heavy atom. The average Bonchev–Trinajstić information content (AvgIpc) is 2.55. The van der Waals surface area contributed by atoms with Crippen LogP contribution in [-0.4, -0.2) is 34.3 Å². The lowest BCUT2D eigenvalue weighted by Gasteiger charge is -2.33. The molecule has 0 saturated carbocycles. The van der Waals surface area contributed by atoms with Crippen LogP contribution in [0.1, 0.15) is 24.1 Å². The first-order valence-corrected chi connectivity index (χ1v) is 7.49. The Bertz CT molecular complexity index is 555. The van der Waals surface area contributed by atoms with E-state index >= 15 is 0 Å². The van der Waals surface area contributed by atoms with Crippen molar-refractivity contribution in [2.24, 2.45) is 0 Å². The third-order valence-electron chi connectivity index (χ3n) is 3.87. The number of aryl methyl sites for hydroxylation is 1. The Morgan fingerprint density at radius 1 is 1.19 bits per heavy atom. The van der Waals surface area contributed by atoms with Gasteiger partial charge in [-0.25, -0.2) is 0 Å². The summed E-state index contributed by atoms with van der Waals surface area (Å²) in [6.07, 6.45) is 6.07. The fraction of sp³-hybridized carbons (Fsp3) is 0.438. The molecule has 2 aromatic heterocycles. The predicted octanol–water partition coefficient (Wildman–Crippen LogP) is 1.94. The zero-order valence-corrected chi connectivity index (χ0v) is 12.4. The molecule has 2 aromatic rings. The second kappa shape index (κ2) is 6.63. The molecular weight excluding hydrogens is 262 g/mol. The van der Waals surface area contributed by atoms with Gasteiger partial charge in [0, 0.05) is 38.1 Å². The molecule has 0 radical (unpaired) electrons. The maximum Gasteiger partial charge on any atom is 0.151 e. The Balaban J connectivity index is 1.57. The molecule has 1 aliphatic rings. The molecule has 5 nitrogen and oxygen atoms in total. The third-order valence-corrected chi connectivity index (χ3v) is 3.87. The van der Waals surface area contributed by atoms with Gasteiger partial charge in [0.1, 0.15) is 0 Å². The van der Waals surface area contributed by atoms with Crippen molar-refractivity contribution in [3.63, 3.8) is 0 Å². The van der Waals surface area contributed by atoms with E-state index in [9.17, 15) is 0 Å². The van der Waals surface area contributed by atoms with E-state index < -0.39 is 0 Å². The van der Waals surface area contributed by atoms with Gasteiger partial charge in [-0.3, -0.25) is 4.98 Å². The monoisotopic (exact) mass is 283 g/mol. The standard InChI is InChI=1S/C16H21N5/c1-13-4-5-16(20-19-13)21-10-2-3-15(12-21)18-11-14-6-8-17-9-7-14/h4-9,15,18H,2-3,10-12H2,1H3/t15-/m1/s1. The molecule has 0 bridgehead atoms. The number of rotatable bonds is 4. The van der Waals surface area contributed by atoms with Gasteiger partial charge in [0.15, 0.2) is 5.82 Å². The van der Waals surface area contributed by atoms with E-state index in [0.29, 0.717) is 6.04 Å². The molecule has 0 spiro atoms. The predicted molar refractivity (Wildman–Crippen MR) is 83.1 cm³/mol. The van der Waals surface area contributed by atoms with Crippen LogP contribution in [-0.2, 0) is 6.54 Å². The quantitative estimate of drug-likeness (QED) is 0.929. The van der Waals surface area contributed by atoms with E-state index in [1.807, 2.05) is 25.4 Å². The summed E-state index contributed by atoms with van der Waals surface area (Å²) in [5.74, 6) is 0.982. The fourth-order valence-electron chi connectivity index (χ4n) is 2.68. The summed E-state index contributed by atoms with van der Waals surface area (Å²) in [6, 6.07) is 8.69. The molecular formula is C16H21N5. The van der Waals surface area contributed by atoms with Gasteiger partial charge in [0.25, 0.3) is 0 Å². The lowest BCUT2D eigenvalue weighted by molar-refractivity contribution is 0.419. The van der Waals surface area contributed by atoms with Crippen LogP contribution in [0, 0.1) is 6.92 Å². The summed E-state index contributed by atoms with van der Waals surface area (Å²) in [4.78, 5) is 6.37. The molecule has 0 unspecified atom stereocenters. The molecule has 1 fully saturated rings. The summed E-state index contributed by atoms with van der Waals surface area (Å²) < 4.78 is 0. The highest BCUT2D eigenvalue weighted by atomic mass is 15.3. The number of hydrogen-bond donors (Lipinski definition) is 1. The van der Waals surface area contributed by atoms with E-state index in [4.69, 9.17) is 0 Å². The topological polar surface area (TPSA) is 53.9 Å². The lowest BCUT2D eigenvalue weighted by Crippen LogP contribution is -2.45. The van der Waals surface area contributed by atoms with Gasteiger partial charge in [-0.1, -0.05) is 0 Å². The SMILES string of the molecule is Cc1ccc(N2CCC[C@@H](NCc3ccncc3)C2)nn1. The number of pyridine rings is 1. The second-order valence-electron chi connectivity index (χ2n) is 5.55. The Kier molecular flexibility index (Phi) is 4.40. The Hall–Kier alpha value is -2.01. The van der Waals surface area contributed by atoms with Crippen molar-refractivity contribution in [2.45, 2.75) is 32.4 Å². The van der Waals surface area contributed by atoms with E-state index in [-0.39, 0.29) is 0 Å². The highest BCUT2D eigenvalue weighted by Crippen LogP contribution is 2.17. The summed E-state index contributed by atoms with van der Waals surface area (Å²) in [5.41, 5.74) is 2.24. The number of anilines is 1. The van der Waals surface area contributed by atoms with Crippen LogP contribution in [0.3, 0.4) is 0 Å². The van der Waals surface area contributed by atoms with Gasteiger partial charge in [0.05, 0.1) is 5.69 Å². The molecule has 0 aliphatic carbocycles. The van der Waals surface area contributed by atoms with E-state index in [2.05, 4.69) is 43.6 Å². The van der Waals surface area contributed by atoms with Crippen LogP contribution in [0.25, 0.3) is 0 Å². The van der Waals surface area contributed by atoms with E-state index in [1.165, 1.54) is 18.4 Å². The van der Waals surface area contributed by atoms with Gasteiger partial charge < -0.3 is 10.2 Å². The lowest BCUT2D eigenvalue weighted by atomic mass is 10.1. The molecule has 1 saturated heterocycles. The molecule has 21 heavy (non-hydrogen) atoms. The highest BCUT2D eigenvalue weighted by Gasteiger charge is 2.20. The van der Waals surface area contributed by atoms with Crippen molar-refractivity contribution >= 4 is 5.82 Å². The van der Waals surface area contributed by atoms with E-state index in [0.717, 1.165) is 31.1 Å². The van der Waals surface area contributed by atoms with Crippen molar-refractivity contribution in [1.29, 1.82) is 0 Å². The third kappa shape index (κ3) is 3.76. The largest absolute Gasteiger partial charge is 0.354 e. The minimum Gasteiger partial charge on any atom is -0.354 e. The summed E-state index contributed by atoms with van der Waals surface area (Å²) in [5, 5.41) is 12.1. The summed E-state index contributed by atoms with van der Waals surface area (Å²) >= 11 is 0. The van der Waals surface area contributed by atoms with E-state index in [1.54, 1.807) is 0 Å². The first-order chi connectivity index (χ1) is 10.3. The Labute approximate surface area is 125 Å². The minimum absolute atomic E-state index is 0.495. The van der Waals surface area contributed by atoms with Crippen molar-refractivity contribution in [3.05, 3.63) is 47.9 Å². The first kappa shape index (κ1) is 13.9. The minimum atomic E-state index is 0.495. The van der Waals surface area contributed by atoms with Crippen LogP contribution < -0.4 is 10.2 Å². The van der Waals surface area contributed by atoms with Gasteiger partial charge in [0.2, 0.25) is 0 Å². The number of aromatic nitrogens is 3. The highest BCUT2D eigenvalue weighted by molar-refractivity contribution is 5.38. The van der Waals surface area contributed by atoms with Gasteiger partial charge in [-0.2, -0.15) is 5.10 Å². The fourth-order valence-corrected chi connectivity index (χ4v) is 2.68. The summed E-state index contributed by atoms with van der Waals surface area (Å²) in [6.45, 7) is 4.90. The van der Waals surface area contributed by atoms with Crippen molar-refractivity contribution in [3.8, 4) is 0 Å². The molecule has 110 valence electrons. The average molecular weight is 283 g/mol. The number of nitrogens with zero attached hydrogens (tertiary/aromatic N) is 4. The van der Waals surface area contributed by atoms with Gasteiger partial charge in [-0.15, -0.1) is 5.10 Å². The van der Waals surface area contributed by atoms with Crippen LogP contribution in [0.15, 0.2) is 36.7 Å². The van der Waals surface area contributed by atoms with Gasteiger partial charge >= 0.3 is 0 Å². The number of nitrogens with one attached hydrogen (secondary N) is 1. The Morgan fingerprint density at radius 2 is 2.05 bits per heavy atom. The number of piperidine rings is 1. The van der Waals surface area contributed by atoms with Crippen LogP contribution in [0.2, 0.25) is 0 Å².